The van der Waals surface area contributed by atoms with E-state index in [2.05, 4.69) is 26.1 Å². The summed E-state index contributed by atoms with van der Waals surface area (Å²) in [5.74, 6) is 0.738. The molecular weight excluding hydrogens is 248 g/mol. The highest BCUT2D eigenvalue weighted by Crippen LogP contribution is 2.18. The second-order valence-electron chi connectivity index (χ2n) is 5.31. The van der Waals surface area contributed by atoms with Crippen molar-refractivity contribution in [1.82, 2.24) is 4.90 Å². The zero-order valence-electron chi connectivity index (χ0n) is 13.5. The monoisotopic (exact) mass is 276 g/mol. The lowest BCUT2D eigenvalue weighted by Gasteiger charge is -2.25. The van der Waals surface area contributed by atoms with Crippen LogP contribution in [0.1, 0.15) is 49.5 Å². The van der Waals surface area contributed by atoms with Gasteiger partial charge in [-0.15, -0.1) is 0 Å². The molecule has 0 radical (unpaired) electrons. The van der Waals surface area contributed by atoms with Gasteiger partial charge in [0, 0.05) is 31.4 Å². The average Bonchev–Trinajstić information content (AvgIpc) is 2.48. The van der Waals surface area contributed by atoms with Gasteiger partial charge in [-0.05, 0) is 43.5 Å². The molecule has 0 atom stereocenters. The molecule has 0 saturated heterocycles. The molecule has 3 heteroatoms. The topological polar surface area (TPSA) is 32.3 Å². The minimum Gasteiger partial charge on any atom is -0.388 e. The van der Waals surface area contributed by atoms with Crippen molar-refractivity contribution in [2.45, 2.75) is 40.5 Å². The molecule has 1 aromatic rings. The van der Waals surface area contributed by atoms with Gasteiger partial charge < -0.3 is 10.2 Å². The number of hydrogen-bond acceptors (Lipinski definition) is 2. The fourth-order valence-corrected chi connectivity index (χ4v) is 2.47. The Balaban J connectivity index is 2.88. The van der Waals surface area contributed by atoms with Gasteiger partial charge in [-0.3, -0.25) is 4.79 Å². The van der Waals surface area contributed by atoms with Gasteiger partial charge in [0.1, 0.15) is 0 Å². The summed E-state index contributed by atoms with van der Waals surface area (Å²) >= 11 is 0. The minimum absolute atomic E-state index is 0.144. The first-order valence-corrected chi connectivity index (χ1v) is 7.64. The lowest BCUT2D eigenvalue weighted by atomic mass is 10.0. The molecule has 20 heavy (non-hydrogen) atoms. The van der Waals surface area contributed by atoms with E-state index < -0.39 is 0 Å². The van der Waals surface area contributed by atoms with Crippen LogP contribution in [0, 0.1) is 12.8 Å². The molecule has 0 fully saturated rings. The van der Waals surface area contributed by atoms with Crippen LogP contribution in [0.2, 0.25) is 0 Å². The second kappa shape index (κ2) is 7.93. The smallest absolute Gasteiger partial charge is 0.253 e. The van der Waals surface area contributed by atoms with Crippen LogP contribution in [0.15, 0.2) is 18.2 Å². The quantitative estimate of drug-likeness (QED) is 0.818. The summed E-state index contributed by atoms with van der Waals surface area (Å²) in [6.45, 7) is 10.1. The fourth-order valence-electron chi connectivity index (χ4n) is 2.47. The SMILES string of the molecule is CCC(CC)CN(CC)C(=O)c1ccc(NC)c(C)c1. The Labute approximate surface area is 123 Å². The summed E-state index contributed by atoms with van der Waals surface area (Å²) < 4.78 is 0. The molecule has 1 amide bonds. The summed E-state index contributed by atoms with van der Waals surface area (Å²) in [6.07, 6.45) is 2.25. The van der Waals surface area contributed by atoms with Crippen molar-refractivity contribution >= 4 is 11.6 Å². The fraction of sp³-hybridized carbons (Fsp3) is 0.588. The molecule has 0 aliphatic rings. The van der Waals surface area contributed by atoms with Gasteiger partial charge in [-0.25, -0.2) is 0 Å². The van der Waals surface area contributed by atoms with E-state index in [1.807, 2.05) is 37.1 Å². The number of benzene rings is 1. The highest BCUT2D eigenvalue weighted by Gasteiger charge is 2.17. The van der Waals surface area contributed by atoms with Crippen LogP contribution in [0.25, 0.3) is 0 Å². The number of carbonyl (C=O) groups excluding carboxylic acids is 1. The van der Waals surface area contributed by atoms with Crippen molar-refractivity contribution in [3.63, 3.8) is 0 Å². The third kappa shape index (κ3) is 3.99. The van der Waals surface area contributed by atoms with E-state index in [-0.39, 0.29) is 5.91 Å². The molecule has 0 aromatic heterocycles. The molecular formula is C17H28N2O. The molecule has 1 rings (SSSR count). The maximum Gasteiger partial charge on any atom is 0.253 e. The molecule has 3 nitrogen and oxygen atoms in total. The lowest BCUT2D eigenvalue weighted by molar-refractivity contribution is 0.0735. The van der Waals surface area contributed by atoms with Crippen molar-refractivity contribution in [1.29, 1.82) is 0 Å². The van der Waals surface area contributed by atoms with Gasteiger partial charge in [-0.2, -0.15) is 0 Å². The number of carbonyl (C=O) groups is 1. The summed E-state index contributed by atoms with van der Waals surface area (Å²) in [4.78, 5) is 14.6. The van der Waals surface area contributed by atoms with Gasteiger partial charge in [0.2, 0.25) is 0 Å². The number of rotatable bonds is 7. The number of anilines is 1. The van der Waals surface area contributed by atoms with Crippen molar-refractivity contribution in [2.24, 2.45) is 5.92 Å². The molecule has 1 aromatic carbocycles. The Morgan fingerprint density at radius 1 is 1.25 bits per heavy atom. The summed E-state index contributed by atoms with van der Waals surface area (Å²) in [6, 6.07) is 5.87. The van der Waals surface area contributed by atoms with Crippen LogP contribution in [0.3, 0.4) is 0 Å². The lowest BCUT2D eigenvalue weighted by Crippen LogP contribution is -2.35. The van der Waals surface area contributed by atoms with Gasteiger partial charge in [0.05, 0.1) is 0 Å². The van der Waals surface area contributed by atoms with Crippen molar-refractivity contribution in [3.8, 4) is 0 Å². The van der Waals surface area contributed by atoms with Crippen LogP contribution >= 0.6 is 0 Å². The number of nitrogens with zero attached hydrogens (tertiary/aromatic N) is 1. The Morgan fingerprint density at radius 3 is 2.35 bits per heavy atom. The predicted molar refractivity (Wildman–Crippen MR) is 86.4 cm³/mol. The Kier molecular flexibility index (Phi) is 6.56. The summed E-state index contributed by atoms with van der Waals surface area (Å²) in [7, 11) is 1.90. The van der Waals surface area contributed by atoms with Crippen molar-refractivity contribution < 1.29 is 4.79 Å². The van der Waals surface area contributed by atoms with E-state index in [9.17, 15) is 4.79 Å². The van der Waals surface area contributed by atoms with Crippen LogP contribution < -0.4 is 5.32 Å². The maximum atomic E-state index is 12.6. The first kappa shape index (κ1) is 16.5. The van der Waals surface area contributed by atoms with E-state index in [4.69, 9.17) is 0 Å². The second-order valence-corrected chi connectivity index (χ2v) is 5.31. The number of nitrogens with one attached hydrogen (secondary N) is 1. The van der Waals surface area contributed by atoms with Gasteiger partial charge in [-0.1, -0.05) is 26.7 Å². The van der Waals surface area contributed by atoms with E-state index in [0.717, 1.165) is 42.7 Å². The maximum absolute atomic E-state index is 12.6. The first-order valence-electron chi connectivity index (χ1n) is 7.64. The zero-order chi connectivity index (χ0) is 15.1. The Bertz CT molecular complexity index is 439. The molecule has 112 valence electrons. The number of aryl methyl sites for hydroxylation is 1. The third-order valence-electron chi connectivity index (χ3n) is 4.04. The van der Waals surface area contributed by atoms with Gasteiger partial charge in [0.25, 0.3) is 5.91 Å². The summed E-state index contributed by atoms with van der Waals surface area (Å²) in [5.41, 5.74) is 2.97. The van der Waals surface area contributed by atoms with Crippen LogP contribution in [-0.4, -0.2) is 30.9 Å². The predicted octanol–water partition coefficient (Wildman–Crippen LogP) is 3.94. The van der Waals surface area contributed by atoms with E-state index in [0.29, 0.717) is 5.92 Å². The minimum atomic E-state index is 0.144. The highest BCUT2D eigenvalue weighted by atomic mass is 16.2. The standard InChI is InChI=1S/C17H28N2O/c1-6-14(7-2)12-19(8-3)17(20)15-9-10-16(18-5)13(4)11-15/h9-11,14,18H,6-8,12H2,1-5H3. The molecule has 0 heterocycles. The van der Waals surface area contributed by atoms with E-state index >= 15 is 0 Å². The van der Waals surface area contributed by atoms with Crippen molar-refractivity contribution in [3.05, 3.63) is 29.3 Å². The molecule has 0 unspecified atom stereocenters. The molecule has 0 spiro atoms. The van der Waals surface area contributed by atoms with Crippen LogP contribution in [0.4, 0.5) is 5.69 Å². The van der Waals surface area contributed by atoms with Crippen LogP contribution in [-0.2, 0) is 0 Å². The van der Waals surface area contributed by atoms with Gasteiger partial charge in [0.15, 0.2) is 0 Å². The Hall–Kier alpha value is -1.51. The highest BCUT2D eigenvalue weighted by molar-refractivity contribution is 5.95. The first-order chi connectivity index (χ1) is 9.57. The van der Waals surface area contributed by atoms with E-state index in [1.54, 1.807) is 0 Å². The molecule has 0 aliphatic heterocycles. The van der Waals surface area contributed by atoms with Gasteiger partial charge >= 0.3 is 0 Å². The number of amides is 1. The molecule has 0 aliphatic carbocycles. The van der Waals surface area contributed by atoms with E-state index in [1.165, 1.54) is 0 Å². The molecule has 1 N–H and O–H groups in total. The van der Waals surface area contributed by atoms with Crippen LogP contribution in [0.5, 0.6) is 0 Å². The summed E-state index contributed by atoms with van der Waals surface area (Å²) in [5, 5.41) is 3.13. The average molecular weight is 276 g/mol. The molecule has 0 bridgehead atoms. The number of hydrogen-bond donors (Lipinski definition) is 1. The largest absolute Gasteiger partial charge is 0.388 e. The normalized spacial score (nSPS) is 10.7. The Morgan fingerprint density at radius 2 is 1.90 bits per heavy atom. The van der Waals surface area contributed by atoms with Crippen molar-refractivity contribution in [2.75, 3.05) is 25.5 Å². The third-order valence-corrected chi connectivity index (χ3v) is 4.04. The molecule has 0 saturated carbocycles. The zero-order valence-corrected chi connectivity index (χ0v) is 13.5.